The second kappa shape index (κ2) is 8.16. The summed E-state index contributed by atoms with van der Waals surface area (Å²) in [7, 11) is 0. The smallest absolute Gasteiger partial charge is 0.223 e. The maximum atomic E-state index is 14.3. The normalized spacial score (nSPS) is 20.7. The van der Waals surface area contributed by atoms with E-state index in [0.717, 1.165) is 57.7 Å². The molecule has 2 aliphatic rings. The molecule has 1 amide bonds. The van der Waals surface area contributed by atoms with Gasteiger partial charge < -0.3 is 15.5 Å². The van der Waals surface area contributed by atoms with Crippen LogP contribution in [0.4, 0.5) is 10.2 Å². The van der Waals surface area contributed by atoms with E-state index in [1.165, 1.54) is 0 Å². The maximum absolute atomic E-state index is 14.3. The van der Waals surface area contributed by atoms with Crippen LogP contribution in [0.2, 0.25) is 0 Å². The highest BCUT2D eigenvalue weighted by Gasteiger charge is 2.28. The molecule has 0 saturated carbocycles. The van der Waals surface area contributed by atoms with Crippen LogP contribution in [0.25, 0.3) is 5.65 Å². The molecule has 0 spiro atoms. The van der Waals surface area contributed by atoms with Crippen molar-refractivity contribution < 1.29 is 9.18 Å². The fourth-order valence-electron chi connectivity index (χ4n) is 3.97. The Morgan fingerprint density at radius 2 is 2.04 bits per heavy atom. The molecule has 4 rings (SSSR count). The highest BCUT2D eigenvalue weighted by Crippen LogP contribution is 2.23. The number of fused-ring (bicyclic) bond motifs is 1. The molecule has 2 aromatic rings. The summed E-state index contributed by atoms with van der Waals surface area (Å²) in [5.41, 5.74) is 0.711. The van der Waals surface area contributed by atoms with Crippen LogP contribution < -0.4 is 15.5 Å². The summed E-state index contributed by atoms with van der Waals surface area (Å²) in [6, 6.07) is 3.81. The van der Waals surface area contributed by atoms with Crippen molar-refractivity contribution in [3.63, 3.8) is 0 Å². The number of hydrogen-bond donors (Lipinski definition) is 2. The van der Waals surface area contributed by atoms with Crippen LogP contribution in [0.15, 0.2) is 18.5 Å². The number of alkyl halides is 1. The number of hydrogen-bond acceptors (Lipinski definition) is 6. The Hall–Kier alpha value is -2.29. The van der Waals surface area contributed by atoms with Gasteiger partial charge in [0.1, 0.15) is 18.3 Å². The fourth-order valence-corrected chi connectivity index (χ4v) is 3.97. The molecule has 146 valence electrons. The first-order chi connectivity index (χ1) is 13.2. The Morgan fingerprint density at radius 3 is 2.81 bits per heavy atom. The van der Waals surface area contributed by atoms with Gasteiger partial charge in [0, 0.05) is 25.6 Å². The lowest BCUT2D eigenvalue weighted by Gasteiger charge is -2.32. The van der Waals surface area contributed by atoms with Gasteiger partial charge >= 0.3 is 0 Å². The van der Waals surface area contributed by atoms with E-state index < -0.39 is 6.17 Å². The van der Waals surface area contributed by atoms with Gasteiger partial charge in [0.05, 0.1) is 0 Å². The summed E-state index contributed by atoms with van der Waals surface area (Å²) >= 11 is 0. The van der Waals surface area contributed by atoms with Crippen LogP contribution in [0.1, 0.15) is 25.7 Å². The Labute approximate surface area is 157 Å². The number of nitrogens with zero attached hydrogens (tertiary/aromatic N) is 5. The van der Waals surface area contributed by atoms with Gasteiger partial charge in [-0.1, -0.05) is 0 Å². The molecule has 2 N–H and O–H groups in total. The standard InChI is InChI=1S/C18H26FN7O/c19-15(13-3-7-20-8-4-13)11-21-18(27)14-5-9-25(10-6-14)17-2-1-16-23-22-12-26(16)24-17/h1-2,12-15,20H,3-11H2,(H,21,27). The molecule has 1 atom stereocenters. The summed E-state index contributed by atoms with van der Waals surface area (Å²) < 4.78 is 16.0. The van der Waals surface area contributed by atoms with Crippen LogP contribution in [0, 0.1) is 11.8 Å². The van der Waals surface area contributed by atoms with Crippen molar-refractivity contribution in [3.05, 3.63) is 18.5 Å². The first-order valence-corrected chi connectivity index (χ1v) is 9.75. The topological polar surface area (TPSA) is 87.5 Å². The molecule has 2 aromatic heterocycles. The second-order valence-electron chi connectivity index (χ2n) is 7.44. The third-order valence-electron chi connectivity index (χ3n) is 5.70. The van der Waals surface area contributed by atoms with Gasteiger partial charge in [0.25, 0.3) is 0 Å². The van der Waals surface area contributed by atoms with Crippen LogP contribution in [-0.4, -0.2) is 64.6 Å². The van der Waals surface area contributed by atoms with Gasteiger partial charge in [-0.2, -0.15) is 4.52 Å². The van der Waals surface area contributed by atoms with Crippen LogP contribution in [0.3, 0.4) is 0 Å². The average Bonchev–Trinajstić information content (AvgIpc) is 3.20. The minimum atomic E-state index is -0.948. The predicted molar refractivity (Wildman–Crippen MR) is 99.2 cm³/mol. The molecule has 4 heterocycles. The van der Waals surface area contributed by atoms with Gasteiger partial charge in [-0.25, -0.2) is 4.39 Å². The van der Waals surface area contributed by atoms with E-state index in [2.05, 4.69) is 30.8 Å². The SMILES string of the molecule is O=C(NCC(F)C1CCNCC1)C1CCN(c2ccc3nncn3n2)CC1. The molecule has 8 nitrogen and oxygen atoms in total. The molecule has 9 heteroatoms. The van der Waals surface area contributed by atoms with Crippen molar-refractivity contribution in [3.8, 4) is 0 Å². The minimum Gasteiger partial charge on any atom is -0.355 e. The second-order valence-corrected chi connectivity index (χ2v) is 7.44. The van der Waals surface area contributed by atoms with Crippen LogP contribution >= 0.6 is 0 Å². The number of rotatable bonds is 5. The number of nitrogens with one attached hydrogen (secondary N) is 2. The highest BCUT2D eigenvalue weighted by molar-refractivity contribution is 5.79. The van der Waals surface area contributed by atoms with Crippen LogP contribution in [-0.2, 0) is 4.79 Å². The van der Waals surface area contributed by atoms with E-state index in [-0.39, 0.29) is 24.3 Å². The quantitative estimate of drug-likeness (QED) is 0.804. The highest BCUT2D eigenvalue weighted by atomic mass is 19.1. The zero-order valence-corrected chi connectivity index (χ0v) is 15.4. The number of aromatic nitrogens is 4. The van der Waals surface area contributed by atoms with E-state index in [0.29, 0.717) is 5.65 Å². The molecule has 27 heavy (non-hydrogen) atoms. The van der Waals surface area contributed by atoms with Gasteiger partial charge in [-0.15, -0.1) is 15.3 Å². The van der Waals surface area contributed by atoms with Gasteiger partial charge in [0.15, 0.2) is 5.65 Å². The molecule has 0 radical (unpaired) electrons. The molecule has 0 aliphatic carbocycles. The van der Waals surface area contributed by atoms with Crippen molar-refractivity contribution >= 4 is 17.4 Å². The maximum Gasteiger partial charge on any atom is 0.223 e. The van der Waals surface area contributed by atoms with Crippen molar-refractivity contribution in [2.45, 2.75) is 31.9 Å². The Balaban J connectivity index is 1.25. The molecule has 2 saturated heterocycles. The summed E-state index contributed by atoms with van der Waals surface area (Å²) in [5.74, 6) is 0.844. The fraction of sp³-hybridized carbons (Fsp3) is 0.667. The third kappa shape index (κ3) is 4.18. The molecule has 1 unspecified atom stereocenters. The monoisotopic (exact) mass is 375 g/mol. The number of carbonyl (C=O) groups is 1. The number of carbonyl (C=O) groups excluding carboxylic acids is 1. The van der Waals surface area contributed by atoms with Crippen molar-refractivity contribution in [1.29, 1.82) is 0 Å². The molecule has 2 aliphatic heterocycles. The van der Waals surface area contributed by atoms with Gasteiger partial charge in [-0.3, -0.25) is 4.79 Å². The zero-order chi connectivity index (χ0) is 18.6. The Kier molecular flexibility index (Phi) is 5.47. The third-order valence-corrected chi connectivity index (χ3v) is 5.70. The lowest BCUT2D eigenvalue weighted by molar-refractivity contribution is -0.126. The molecule has 0 aromatic carbocycles. The van der Waals surface area contributed by atoms with E-state index in [4.69, 9.17) is 0 Å². The molecular weight excluding hydrogens is 349 g/mol. The van der Waals surface area contributed by atoms with E-state index >= 15 is 0 Å². The van der Waals surface area contributed by atoms with E-state index in [1.807, 2.05) is 12.1 Å². The van der Waals surface area contributed by atoms with Crippen molar-refractivity contribution in [1.82, 2.24) is 30.4 Å². The van der Waals surface area contributed by atoms with E-state index in [1.54, 1.807) is 10.8 Å². The van der Waals surface area contributed by atoms with Crippen molar-refractivity contribution in [2.75, 3.05) is 37.6 Å². The predicted octanol–water partition coefficient (Wildman–Crippen LogP) is 0.795. The summed E-state index contributed by atoms with van der Waals surface area (Å²) in [5, 5.41) is 18.4. The number of amides is 1. The Morgan fingerprint density at radius 1 is 1.26 bits per heavy atom. The molecule has 2 fully saturated rings. The lowest BCUT2D eigenvalue weighted by atomic mass is 9.92. The number of piperidine rings is 2. The van der Waals surface area contributed by atoms with Crippen LogP contribution in [0.5, 0.6) is 0 Å². The van der Waals surface area contributed by atoms with Gasteiger partial charge in [-0.05, 0) is 56.8 Å². The number of anilines is 1. The summed E-state index contributed by atoms with van der Waals surface area (Å²) in [4.78, 5) is 14.6. The van der Waals surface area contributed by atoms with E-state index in [9.17, 15) is 9.18 Å². The van der Waals surface area contributed by atoms with Crippen molar-refractivity contribution in [2.24, 2.45) is 11.8 Å². The zero-order valence-electron chi connectivity index (χ0n) is 15.4. The number of halogens is 1. The Bertz CT molecular complexity index is 768. The summed E-state index contributed by atoms with van der Waals surface area (Å²) in [6.07, 6.45) is 3.82. The first kappa shape index (κ1) is 18.1. The molecule has 0 bridgehead atoms. The average molecular weight is 375 g/mol. The first-order valence-electron chi connectivity index (χ1n) is 9.75. The summed E-state index contributed by atoms with van der Waals surface area (Å²) in [6.45, 7) is 3.38. The van der Waals surface area contributed by atoms with Gasteiger partial charge in [0.2, 0.25) is 5.91 Å². The molecular formula is C18H26FN7O. The lowest BCUT2D eigenvalue weighted by Crippen LogP contribution is -2.44. The largest absolute Gasteiger partial charge is 0.355 e. The minimum absolute atomic E-state index is 0.0199.